The first-order valence-electron chi connectivity index (χ1n) is 26.8. The van der Waals surface area contributed by atoms with E-state index in [9.17, 15) is 14.4 Å². The Kier molecular flexibility index (Phi) is 12.1. The normalized spacial score (nSPS) is 33.7. The van der Waals surface area contributed by atoms with Crippen LogP contribution in [-0.4, -0.2) is 65.2 Å². The second-order valence-electron chi connectivity index (χ2n) is 23.5. The number of aromatic amines is 2. The number of Topliss-reactive ketones (excluding diaryl/α,β-unsaturated/α-hetero) is 1. The number of carbonyl (C=O) groups is 3. The number of rotatable bonds is 7. The smallest absolute Gasteiger partial charge is 0.411 e. The Morgan fingerprint density at radius 3 is 1.56 bits per heavy atom. The fourth-order valence-electron chi connectivity index (χ4n) is 15.2. The first kappa shape index (κ1) is 44.3. The second kappa shape index (κ2) is 18.0. The van der Waals surface area contributed by atoms with Gasteiger partial charge in [0.05, 0.1) is 40.6 Å². The third-order valence-corrected chi connectivity index (χ3v) is 18.4. The number of hydrogen-bond acceptors (Lipinski definition) is 6. The van der Waals surface area contributed by atoms with E-state index in [-0.39, 0.29) is 48.4 Å². The lowest BCUT2D eigenvalue weighted by atomic mass is 9.63. The van der Waals surface area contributed by atoms with Crippen LogP contribution in [0.1, 0.15) is 216 Å². The fraction of sp³-hybridized carbons (Fsp3) is 0.696. The van der Waals surface area contributed by atoms with Gasteiger partial charge in [-0.05, 0) is 181 Å². The number of nitrogens with zero attached hydrogens (tertiary/aromatic N) is 4. The van der Waals surface area contributed by atoms with E-state index in [0.717, 1.165) is 84.1 Å². The summed E-state index contributed by atoms with van der Waals surface area (Å²) in [6.45, 7) is 7.75. The van der Waals surface area contributed by atoms with Crippen LogP contribution in [0, 0.1) is 35.5 Å². The molecule has 10 aliphatic rings. The third-order valence-electron chi connectivity index (χ3n) is 18.4. The standard InChI is InChI=1S/C56H76N6O4/c1-5-41(63)32-52(64)61-48-12-8-6-10-39(48)30-50(61)53-57-44-24-22-37(28-46(44)59-53)42-26-33-14-18-35(42)19-15-34-17-21-36(20-16-33)43(27-34)38-23-25-45-47(29-38)60-54(58-45)51-31-40-11-7-9-13-49(40)62(51)55(65)66-56(2,3)4/h22-25,28-29,33-36,39-40,42-43,48-51H,5-21,26-27,30-32H2,1-4H3,(H,57,59)(H,58,60)/t33?,34?,35?,36?,39-,40-,42?,43?,48-,49-,50-,51-/m0/s1. The van der Waals surface area contributed by atoms with Gasteiger partial charge in [-0.1, -0.05) is 70.4 Å². The van der Waals surface area contributed by atoms with E-state index in [4.69, 9.17) is 14.7 Å². The molecule has 354 valence electrons. The van der Waals surface area contributed by atoms with Gasteiger partial charge in [0.15, 0.2) is 0 Å². The SMILES string of the molecule is CCC(=O)CC(=O)N1[C@H](c2nc3ccc(C4CC5CCC4CCC4CCC(CC5)C(c5ccc6nc([C@@H]7C[C@@H]8CCCC[C@@H]8N7C(=O)OC(C)(C)C)[nH]c6c5)C4)cc3[nH]2)C[C@@H]2CCCC[C@@H]21. The number of aromatic nitrogens is 4. The number of H-pyrrole nitrogens is 2. The molecule has 2 aliphatic heterocycles. The Hall–Kier alpha value is -4.21. The first-order chi connectivity index (χ1) is 32.0. The van der Waals surface area contributed by atoms with Gasteiger partial charge < -0.3 is 19.6 Å². The maximum absolute atomic E-state index is 13.8. The number of carbonyl (C=O) groups excluding carboxylic acids is 3. The van der Waals surface area contributed by atoms with Gasteiger partial charge in [0, 0.05) is 18.5 Å². The van der Waals surface area contributed by atoms with Crippen LogP contribution in [-0.2, 0) is 14.3 Å². The molecule has 4 aromatic rings. The van der Waals surface area contributed by atoms with Gasteiger partial charge in [-0.2, -0.15) is 0 Å². The summed E-state index contributed by atoms with van der Waals surface area (Å²) in [5, 5.41) is 0. The van der Waals surface area contributed by atoms with Crippen molar-refractivity contribution in [2.45, 2.75) is 211 Å². The number of amides is 2. The van der Waals surface area contributed by atoms with E-state index in [2.05, 4.69) is 56.2 Å². The highest BCUT2D eigenvalue weighted by Gasteiger charge is 2.49. The van der Waals surface area contributed by atoms with Crippen LogP contribution >= 0.6 is 0 Å². The van der Waals surface area contributed by atoms with Gasteiger partial charge in [-0.25, -0.2) is 14.8 Å². The molecule has 2 aromatic carbocycles. The van der Waals surface area contributed by atoms with Crippen LogP contribution in [0.2, 0.25) is 0 Å². The molecule has 10 fully saturated rings. The molecule has 2 saturated heterocycles. The maximum Gasteiger partial charge on any atom is 0.411 e. The van der Waals surface area contributed by atoms with E-state index in [1.807, 2.05) is 27.7 Å². The van der Waals surface area contributed by atoms with Crippen molar-refractivity contribution in [3.05, 3.63) is 59.2 Å². The van der Waals surface area contributed by atoms with Crippen LogP contribution in [0.25, 0.3) is 22.1 Å². The molecule has 0 spiro atoms. The van der Waals surface area contributed by atoms with Crippen molar-refractivity contribution in [2.75, 3.05) is 0 Å². The summed E-state index contributed by atoms with van der Waals surface area (Å²) in [6.07, 6.45) is 24.4. The molecule has 6 unspecified atom stereocenters. The molecule has 10 heteroatoms. The fourth-order valence-corrected chi connectivity index (χ4v) is 15.2. The van der Waals surface area contributed by atoms with Crippen LogP contribution in [0.5, 0.6) is 0 Å². The highest BCUT2D eigenvalue weighted by Crippen LogP contribution is 2.52. The molecule has 4 heterocycles. The highest BCUT2D eigenvalue weighted by molar-refractivity contribution is 5.98. The molecule has 8 saturated carbocycles. The summed E-state index contributed by atoms with van der Waals surface area (Å²) in [6, 6.07) is 14.4. The molecule has 4 bridgehead atoms. The largest absolute Gasteiger partial charge is 0.444 e. The van der Waals surface area contributed by atoms with Crippen LogP contribution in [0.4, 0.5) is 4.79 Å². The van der Waals surface area contributed by atoms with Gasteiger partial charge in [0.1, 0.15) is 23.0 Å². The lowest BCUT2D eigenvalue weighted by molar-refractivity contribution is -0.138. The van der Waals surface area contributed by atoms with Gasteiger partial charge >= 0.3 is 6.09 Å². The van der Waals surface area contributed by atoms with Gasteiger partial charge in [0.25, 0.3) is 0 Å². The Labute approximate surface area is 392 Å². The van der Waals surface area contributed by atoms with E-state index >= 15 is 0 Å². The van der Waals surface area contributed by atoms with Crippen molar-refractivity contribution in [1.29, 1.82) is 0 Å². The summed E-state index contributed by atoms with van der Waals surface area (Å²) in [5.41, 5.74) is 6.61. The number of hydrogen-bond donors (Lipinski definition) is 2. The second-order valence-corrected chi connectivity index (χ2v) is 23.5. The van der Waals surface area contributed by atoms with Crippen molar-refractivity contribution >= 4 is 39.9 Å². The zero-order valence-corrected chi connectivity index (χ0v) is 40.4. The predicted octanol–water partition coefficient (Wildman–Crippen LogP) is 13.2. The molecule has 66 heavy (non-hydrogen) atoms. The quantitative estimate of drug-likeness (QED) is 0.178. The summed E-state index contributed by atoms with van der Waals surface area (Å²) < 4.78 is 6.02. The molecule has 12 atom stereocenters. The molecule has 2 amide bonds. The van der Waals surface area contributed by atoms with E-state index < -0.39 is 5.60 Å². The zero-order valence-electron chi connectivity index (χ0n) is 40.4. The summed E-state index contributed by atoms with van der Waals surface area (Å²) in [5.74, 6) is 6.85. The Morgan fingerprint density at radius 2 is 1.08 bits per heavy atom. The molecule has 10 nitrogen and oxygen atoms in total. The molecule has 8 aliphatic carbocycles. The summed E-state index contributed by atoms with van der Waals surface area (Å²) in [4.78, 5) is 62.0. The lowest BCUT2D eigenvalue weighted by Crippen LogP contribution is -2.43. The average Bonchev–Trinajstić information content (AvgIpc) is 4.11. The molecular formula is C56H76N6O4. The maximum atomic E-state index is 13.8. The van der Waals surface area contributed by atoms with Crippen molar-refractivity contribution in [1.82, 2.24) is 29.7 Å². The number of likely N-dealkylation sites (tertiary alicyclic amines) is 2. The number of nitrogens with one attached hydrogen (secondary N) is 2. The molecule has 0 radical (unpaired) electrons. The van der Waals surface area contributed by atoms with Crippen molar-refractivity contribution in [3.63, 3.8) is 0 Å². The molecule has 14 rings (SSSR count). The van der Waals surface area contributed by atoms with Crippen LogP contribution < -0.4 is 0 Å². The zero-order chi connectivity index (χ0) is 45.3. The Morgan fingerprint density at radius 1 is 0.606 bits per heavy atom. The summed E-state index contributed by atoms with van der Waals surface area (Å²) >= 11 is 0. The van der Waals surface area contributed by atoms with Crippen LogP contribution in [0.3, 0.4) is 0 Å². The number of benzene rings is 2. The number of ether oxygens (including phenoxy) is 1. The topological polar surface area (TPSA) is 124 Å². The minimum Gasteiger partial charge on any atom is -0.444 e. The third kappa shape index (κ3) is 8.62. The Bertz CT molecular complexity index is 2430. The first-order valence-corrected chi connectivity index (χ1v) is 26.8. The summed E-state index contributed by atoms with van der Waals surface area (Å²) in [7, 11) is 0. The average molecular weight is 897 g/mol. The number of ketones is 1. The van der Waals surface area contributed by atoms with E-state index in [1.54, 1.807) is 0 Å². The lowest BCUT2D eigenvalue weighted by Gasteiger charge is -2.42. The molecular weight excluding hydrogens is 821 g/mol. The number of imidazole rings is 2. The molecule has 2 aromatic heterocycles. The highest BCUT2D eigenvalue weighted by atomic mass is 16.6. The van der Waals surface area contributed by atoms with Gasteiger partial charge in [-0.15, -0.1) is 0 Å². The van der Waals surface area contributed by atoms with Crippen molar-refractivity contribution < 1.29 is 19.1 Å². The van der Waals surface area contributed by atoms with Gasteiger partial charge in [-0.3, -0.25) is 14.5 Å². The van der Waals surface area contributed by atoms with Gasteiger partial charge in [0.2, 0.25) is 5.91 Å². The molecule has 2 N–H and O–H groups in total. The minimum atomic E-state index is -0.535. The van der Waals surface area contributed by atoms with E-state index in [0.29, 0.717) is 41.9 Å². The van der Waals surface area contributed by atoms with Crippen molar-refractivity contribution in [3.8, 4) is 0 Å². The number of fused-ring (bicyclic) bond motifs is 4. The van der Waals surface area contributed by atoms with Crippen LogP contribution in [0.15, 0.2) is 36.4 Å². The predicted molar refractivity (Wildman–Crippen MR) is 259 cm³/mol. The van der Waals surface area contributed by atoms with Crippen molar-refractivity contribution in [2.24, 2.45) is 35.5 Å². The minimum absolute atomic E-state index is 0.00861. The monoisotopic (exact) mass is 897 g/mol. The Balaban J connectivity index is 0.801. The van der Waals surface area contributed by atoms with E-state index in [1.165, 1.54) is 101 Å².